The average molecular weight is 405 g/mol. The zero-order chi connectivity index (χ0) is 22.4. The minimum Gasteiger partial charge on any atom is -0.394 e. The summed E-state index contributed by atoms with van der Waals surface area (Å²) >= 11 is 0. The number of rotatable bonds is 8. The molecule has 2 N–H and O–H groups in total. The zero-order valence-electron chi connectivity index (χ0n) is 20.3. The van der Waals surface area contributed by atoms with Crippen molar-refractivity contribution in [3.8, 4) is 0 Å². The van der Waals surface area contributed by atoms with Crippen LogP contribution in [0.15, 0.2) is 0 Å². The summed E-state index contributed by atoms with van der Waals surface area (Å²) in [6.45, 7) is 17.4. The predicted octanol–water partition coefficient (Wildman–Crippen LogP) is 6.17. The van der Waals surface area contributed by atoms with Crippen LogP contribution in [0.25, 0.3) is 0 Å². The topological polar surface area (TPSA) is 66.8 Å². The van der Waals surface area contributed by atoms with E-state index >= 15 is 0 Å². The fraction of sp³-hybridized carbons (Fsp3) is 0.958. The van der Waals surface area contributed by atoms with Crippen molar-refractivity contribution in [3.05, 3.63) is 0 Å². The van der Waals surface area contributed by atoms with Crippen LogP contribution >= 0.6 is 0 Å². The highest BCUT2D eigenvalue weighted by molar-refractivity contribution is 5.77. The summed E-state index contributed by atoms with van der Waals surface area (Å²) in [5, 5.41) is 17.7. The van der Waals surface area contributed by atoms with E-state index < -0.39 is 6.10 Å². The van der Waals surface area contributed by atoms with Crippen molar-refractivity contribution >= 4 is 5.78 Å². The van der Waals surface area contributed by atoms with Crippen LogP contribution in [0.5, 0.6) is 0 Å². The standard InChI is InChI=1S/C8H18.C6H12O3.C6H12O.C4H10/c1-4-6-8(3)7-5-2;7-4-6-5(8)2-1-3-9-6;1-4-5(2)6(3)7;1-3-4-2/h8H,4-7H2,1-3H3;5-8H,1-4H2;5H,4H2,1-3H3;3-4H2,1-2H3. The number of aliphatic hydroxyl groups excluding tert-OH is 2. The van der Waals surface area contributed by atoms with Crippen LogP contribution in [0, 0.1) is 11.8 Å². The van der Waals surface area contributed by atoms with Gasteiger partial charge in [0, 0.05) is 12.5 Å². The second-order valence-electron chi connectivity index (χ2n) is 7.90. The number of Topliss-reactive ketones (excluding diaryl/α,β-unsaturated/α-hetero) is 1. The lowest BCUT2D eigenvalue weighted by molar-refractivity contribution is -0.120. The van der Waals surface area contributed by atoms with Gasteiger partial charge in [-0.05, 0) is 32.1 Å². The summed E-state index contributed by atoms with van der Waals surface area (Å²) in [5.74, 6) is 1.52. The van der Waals surface area contributed by atoms with Crippen LogP contribution in [-0.2, 0) is 9.53 Å². The van der Waals surface area contributed by atoms with Crippen molar-refractivity contribution in [2.24, 2.45) is 11.8 Å². The number of carbonyl (C=O) groups excluding carboxylic acids is 1. The van der Waals surface area contributed by atoms with E-state index in [1.807, 2.05) is 13.8 Å². The molecule has 3 unspecified atom stereocenters. The Morgan fingerprint density at radius 2 is 1.50 bits per heavy atom. The quantitative estimate of drug-likeness (QED) is 0.507. The third-order valence-electron chi connectivity index (χ3n) is 4.95. The van der Waals surface area contributed by atoms with Crippen molar-refractivity contribution in [1.82, 2.24) is 0 Å². The van der Waals surface area contributed by atoms with Crippen LogP contribution in [0.1, 0.15) is 113 Å². The molecule has 4 heteroatoms. The molecule has 1 fully saturated rings. The molecule has 172 valence electrons. The Kier molecular flexibility index (Phi) is 28.3. The third kappa shape index (κ3) is 23.6. The molecule has 0 aromatic heterocycles. The summed E-state index contributed by atoms with van der Waals surface area (Å²) in [7, 11) is 0. The highest BCUT2D eigenvalue weighted by Crippen LogP contribution is 2.12. The maximum Gasteiger partial charge on any atom is 0.132 e. The Hall–Kier alpha value is -0.450. The van der Waals surface area contributed by atoms with Gasteiger partial charge in [0.05, 0.1) is 12.7 Å². The van der Waals surface area contributed by atoms with Gasteiger partial charge in [0.2, 0.25) is 0 Å². The Labute approximate surface area is 176 Å². The average Bonchev–Trinajstić information content (AvgIpc) is 2.69. The van der Waals surface area contributed by atoms with Gasteiger partial charge < -0.3 is 14.9 Å². The van der Waals surface area contributed by atoms with Gasteiger partial charge in [-0.3, -0.25) is 4.79 Å². The molecule has 0 radical (unpaired) electrons. The number of hydrogen-bond donors (Lipinski definition) is 2. The van der Waals surface area contributed by atoms with Crippen molar-refractivity contribution in [1.29, 1.82) is 0 Å². The molecule has 28 heavy (non-hydrogen) atoms. The lowest BCUT2D eigenvalue weighted by Gasteiger charge is -2.25. The molecule has 4 nitrogen and oxygen atoms in total. The number of carbonyl (C=O) groups is 1. The Morgan fingerprint density at radius 3 is 1.71 bits per heavy atom. The summed E-state index contributed by atoms with van der Waals surface area (Å²) in [4.78, 5) is 10.4. The van der Waals surface area contributed by atoms with Crippen molar-refractivity contribution in [2.45, 2.75) is 125 Å². The summed E-state index contributed by atoms with van der Waals surface area (Å²) in [6, 6.07) is 0. The lowest BCUT2D eigenvalue weighted by atomic mass is 10.0. The van der Waals surface area contributed by atoms with E-state index in [1.54, 1.807) is 6.92 Å². The van der Waals surface area contributed by atoms with Crippen molar-refractivity contribution in [2.75, 3.05) is 13.2 Å². The molecule has 1 heterocycles. The minimum atomic E-state index is -0.455. The maximum absolute atomic E-state index is 10.4. The number of ketones is 1. The second-order valence-corrected chi connectivity index (χ2v) is 7.90. The molecule has 0 aliphatic carbocycles. The summed E-state index contributed by atoms with van der Waals surface area (Å²) < 4.78 is 5.04. The minimum absolute atomic E-state index is 0.0683. The van der Waals surface area contributed by atoms with Gasteiger partial charge >= 0.3 is 0 Å². The van der Waals surface area contributed by atoms with E-state index in [0.29, 0.717) is 12.4 Å². The summed E-state index contributed by atoms with van der Waals surface area (Å²) in [5.41, 5.74) is 0. The molecule has 1 aliphatic rings. The molecule has 0 spiro atoms. The first-order chi connectivity index (χ1) is 13.2. The molecule has 1 rings (SSSR count). The highest BCUT2D eigenvalue weighted by atomic mass is 16.5. The fourth-order valence-corrected chi connectivity index (χ4v) is 2.42. The van der Waals surface area contributed by atoms with E-state index in [9.17, 15) is 4.79 Å². The van der Waals surface area contributed by atoms with Crippen molar-refractivity contribution < 1.29 is 19.7 Å². The first-order valence-corrected chi connectivity index (χ1v) is 11.7. The number of aliphatic hydroxyl groups is 2. The first-order valence-electron chi connectivity index (χ1n) is 11.7. The SMILES string of the molecule is CCC(C)C(C)=O.CCCC.CCCC(C)CCC.OCC1OCCCC1O. The van der Waals surface area contributed by atoms with E-state index in [4.69, 9.17) is 14.9 Å². The molecule has 1 saturated heterocycles. The van der Waals surface area contributed by atoms with Gasteiger partial charge in [-0.15, -0.1) is 0 Å². The van der Waals surface area contributed by atoms with Gasteiger partial charge in [0.15, 0.2) is 0 Å². The highest BCUT2D eigenvalue weighted by Gasteiger charge is 2.22. The Balaban J connectivity index is -0.000000309. The molecule has 0 aromatic carbocycles. The van der Waals surface area contributed by atoms with Crippen molar-refractivity contribution in [3.63, 3.8) is 0 Å². The van der Waals surface area contributed by atoms with Gasteiger partial charge in [-0.2, -0.15) is 0 Å². The van der Waals surface area contributed by atoms with Crippen LogP contribution in [-0.4, -0.2) is 41.4 Å². The monoisotopic (exact) mass is 404 g/mol. The number of unbranched alkanes of at least 4 members (excludes halogenated alkanes) is 1. The van der Waals surface area contributed by atoms with E-state index in [1.165, 1.54) is 38.5 Å². The lowest BCUT2D eigenvalue weighted by Crippen LogP contribution is -2.36. The van der Waals surface area contributed by atoms with Gasteiger partial charge in [-0.25, -0.2) is 0 Å². The van der Waals surface area contributed by atoms with Gasteiger partial charge in [0.25, 0.3) is 0 Å². The van der Waals surface area contributed by atoms with E-state index in [2.05, 4.69) is 34.6 Å². The second kappa shape index (κ2) is 24.6. The molecule has 1 aliphatic heterocycles. The van der Waals surface area contributed by atoms with Crippen LogP contribution in [0.3, 0.4) is 0 Å². The van der Waals surface area contributed by atoms with Crippen LogP contribution in [0.2, 0.25) is 0 Å². The van der Waals surface area contributed by atoms with Crippen LogP contribution < -0.4 is 0 Å². The molecule has 3 atom stereocenters. The zero-order valence-corrected chi connectivity index (χ0v) is 20.3. The third-order valence-corrected chi connectivity index (χ3v) is 4.95. The Bertz CT molecular complexity index is 299. The van der Waals surface area contributed by atoms with E-state index in [0.717, 1.165) is 25.2 Å². The Morgan fingerprint density at radius 1 is 1.00 bits per heavy atom. The maximum atomic E-state index is 10.4. The molecule has 0 saturated carbocycles. The fourth-order valence-electron chi connectivity index (χ4n) is 2.42. The largest absolute Gasteiger partial charge is 0.394 e. The molecular formula is C24H52O4. The smallest absolute Gasteiger partial charge is 0.132 e. The molecule has 0 amide bonds. The number of ether oxygens (including phenoxy) is 1. The predicted molar refractivity (Wildman–Crippen MR) is 122 cm³/mol. The summed E-state index contributed by atoms with van der Waals surface area (Å²) in [6.07, 6.45) is 9.99. The number of hydrogen-bond acceptors (Lipinski definition) is 4. The van der Waals surface area contributed by atoms with Gasteiger partial charge in [0.1, 0.15) is 11.9 Å². The first kappa shape index (κ1) is 32.2. The van der Waals surface area contributed by atoms with E-state index in [-0.39, 0.29) is 18.6 Å². The molecular weight excluding hydrogens is 352 g/mol. The molecule has 0 bridgehead atoms. The normalized spacial score (nSPS) is 19.2. The molecule has 0 aromatic rings. The van der Waals surface area contributed by atoms with Crippen LogP contribution in [0.4, 0.5) is 0 Å². The van der Waals surface area contributed by atoms with Gasteiger partial charge in [-0.1, -0.05) is 87.0 Å².